The van der Waals surface area contributed by atoms with Crippen LogP contribution in [0.4, 0.5) is 5.95 Å². The van der Waals surface area contributed by atoms with E-state index in [-0.39, 0.29) is 5.91 Å². The number of para-hydroxylation sites is 2. The molecule has 2 aromatic heterocycles. The molecule has 1 aliphatic heterocycles. The van der Waals surface area contributed by atoms with Crippen LogP contribution in [0.2, 0.25) is 0 Å². The molecule has 3 heterocycles. The van der Waals surface area contributed by atoms with E-state index in [0.717, 1.165) is 23.1 Å². The van der Waals surface area contributed by atoms with Crippen molar-refractivity contribution in [3.8, 4) is 0 Å². The third-order valence-electron chi connectivity index (χ3n) is 4.93. The summed E-state index contributed by atoms with van der Waals surface area (Å²) >= 11 is 0. The zero-order chi connectivity index (χ0) is 17.0. The van der Waals surface area contributed by atoms with Crippen LogP contribution in [0.5, 0.6) is 0 Å². The zero-order valence-corrected chi connectivity index (χ0v) is 13.5. The number of amides is 1. The minimum absolute atomic E-state index is 0.0126. The van der Waals surface area contributed by atoms with Crippen molar-refractivity contribution in [1.82, 2.24) is 19.9 Å². The molecular weight excluding hydrogens is 314 g/mol. The van der Waals surface area contributed by atoms with Crippen LogP contribution in [0.1, 0.15) is 21.6 Å². The van der Waals surface area contributed by atoms with E-state index in [1.165, 1.54) is 10.9 Å². The van der Waals surface area contributed by atoms with Crippen LogP contribution in [0.25, 0.3) is 21.9 Å². The molecule has 0 atom stereocenters. The van der Waals surface area contributed by atoms with Crippen LogP contribution < -0.4 is 5.73 Å². The number of nitrogens with one attached hydrogen (secondary N) is 2. The van der Waals surface area contributed by atoms with Gasteiger partial charge >= 0.3 is 0 Å². The number of aromatic amines is 2. The Kier molecular flexibility index (Phi) is 2.88. The molecule has 4 aromatic rings. The summed E-state index contributed by atoms with van der Waals surface area (Å²) in [6.45, 7) is 1.28. The van der Waals surface area contributed by atoms with Crippen LogP contribution in [0, 0.1) is 0 Å². The highest BCUT2D eigenvalue weighted by atomic mass is 16.2. The van der Waals surface area contributed by atoms with Crippen molar-refractivity contribution in [3.63, 3.8) is 0 Å². The lowest BCUT2D eigenvalue weighted by atomic mass is 10.0. The summed E-state index contributed by atoms with van der Waals surface area (Å²) in [7, 11) is 0. The molecule has 6 nitrogen and oxygen atoms in total. The van der Waals surface area contributed by atoms with Crippen molar-refractivity contribution in [3.05, 3.63) is 59.3 Å². The number of H-pyrrole nitrogens is 2. The lowest BCUT2D eigenvalue weighted by molar-refractivity contribution is 0.0735. The SMILES string of the molecule is Nc1nc2c(C(=O)N3CCc4c([nH]c5ccccc45)C3)cccc2[nH]1. The first-order chi connectivity index (χ1) is 12.2. The van der Waals surface area contributed by atoms with E-state index in [9.17, 15) is 4.79 Å². The molecule has 1 aliphatic rings. The van der Waals surface area contributed by atoms with Crippen LogP contribution in [0.15, 0.2) is 42.5 Å². The molecule has 0 aliphatic carbocycles. The van der Waals surface area contributed by atoms with Gasteiger partial charge in [-0.1, -0.05) is 24.3 Å². The molecule has 0 bridgehead atoms. The summed E-state index contributed by atoms with van der Waals surface area (Å²) in [4.78, 5) is 25.7. The van der Waals surface area contributed by atoms with Gasteiger partial charge in [0.15, 0.2) is 5.95 Å². The van der Waals surface area contributed by atoms with E-state index in [4.69, 9.17) is 5.73 Å². The van der Waals surface area contributed by atoms with Crippen molar-refractivity contribution in [2.24, 2.45) is 0 Å². The van der Waals surface area contributed by atoms with Gasteiger partial charge in [-0.05, 0) is 30.2 Å². The minimum atomic E-state index is -0.0126. The maximum absolute atomic E-state index is 13.1. The molecule has 2 aromatic carbocycles. The Morgan fingerprint density at radius 2 is 1.92 bits per heavy atom. The fourth-order valence-electron chi connectivity index (χ4n) is 3.76. The first kappa shape index (κ1) is 14.1. The number of benzene rings is 2. The first-order valence-corrected chi connectivity index (χ1v) is 8.32. The van der Waals surface area contributed by atoms with Gasteiger partial charge in [-0.15, -0.1) is 0 Å². The highest BCUT2D eigenvalue weighted by Gasteiger charge is 2.26. The molecule has 0 saturated heterocycles. The average molecular weight is 331 g/mol. The Balaban J connectivity index is 1.52. The number of rotatable bonds is 1. The third kappa shape index (κ3) is 2.11. The topological polar surface area (TPSA) is 90.8 Å². The van der Waals surface area contributed by atoms with Gasteiger partial charge in [-0.3, -0.25) is 4.79 Å². The molecule has 6 heteroatoms. The molecule has 0 spiro atoms. The number of nitrogens with zero attached hydrogens (tertiary/aromatic N) is 2. The van der Waals surface area contributed by atoms with Crippen LogP contribution >= 0.6 is 0 Å². The van der Waals surface area contributed by atoms with Crippen LogP contribution in [-0.4, -0.2) is 32.3 Å². The summed E-state index contributed by atoms with van der Waals surface area (Å²) in [5.41, 5.74) is 11.3. The molecule has 0 radical (unpaired) electrons. The fourth-order valence-corrected chi connectivity index (χ4v) is 3.76. The van der Waals surface area contributed by atoms with Crippen molar-refractivity contribution >= 4 is 33.8 Å². The number of anilines is 1. The monoisotopic (exact) mass is 331 g/mol. The average Bonchev–Trinajstić information content (AvgIpc) is 3.19. The van der Waals surface area contributed by atoms with E-state index in [1.54, 1.807) is 0 Å². The Hall–Kier alpha value is -3.28. The number of nitrogens with two attached hydrogens (primary N) is 1. The second-order valence-electron chi connectivity index (χ2n) is 6.43. The zero-order valence-electron chi connectivity index (χ0n) is 13.5. The van der Waals surface area contributed by atoms with E-state index in [0.29, 0.717) is 30.1 Å². The molecule has 1 amide bonds. The maximum Gasteiger partial charge on any atom is 0.256 e. The van der Waals surface area contributed by atoms with Gasteiger partial charge in [0, 0.05) is 23.1 Å². The number of fused-ring (bicyclic) bond motifs is 4. The second-order valence-corrected chi connectivity index (χ2v) is 6.43. The van der Waals surface area contributed by atoms with E-state index >= 15 is 0 Å². The van der Waals surface area contributed by atoms with Gasteiger partial charge < -0.3 is 20.6 Å². The molecule has 25 heavy (non-hydrogen) atoms. The molecule has 5 rings (SSSR count). The van der Waals surface area contributed by atoms with E-state index < -0.39 is 0 Å². The lowest BCUT2D eigenvalue weighted by Crippen LogP contribution is -2.36. The summed E-state index contributed by atoms with van der Waals surface area (Å²) in [6, 6.07) is 13.8. The largest absolute Gasteiger partial charge is 0.369 e. The number of aromatic nitrogens is 3. The minimum Gasteiger partial charge on any atom is -0.369 e. The highest BCUT2D eigenvalue weighted by molar-refractivity contribution is 6.05. The predicted octanol–water partition coefficient (Wildman–Crippen LogP) is 2.82. The standard InChI is InChI=1S/C19H17N5O/c20-19-22-15-7-3-5-13(17(15)23-19)18(25)24-9-8-12-11-4-1-2-6-14(11)21-16(12)10-24/h1-7,21H,8-10H2,(H3,20,22,23). The Morgan fingerprint density at radius 1 is 1.08 bits per heavy atom. The molecular formula is C19H17N5O. The smallest absolute Gasteiger partial charge is 0.256 e. The number of nitrogen functional groups attached to an aromatic ring is 1. The summed E-state index contributed by atoms with van der Waals surface area (Å²) < 4.78 is 0. The van der Waals surface area contributed by atoms with Gasteiger partial charge in [0.2, 0.25) is 0 Å². The molecule has 0 unspecified atom stereocenters. The summed E-state index contributed by atoms with van der Waals surface area (Å²) in [5, 5.41) is 1.26. The van der Waals surface area contributed by atoms with Crippen molar-refractivity contribution in [2.45, 2.75) is 13.0 Å². The van der Waals surface area contributed by atoms with Crippen molar-refractivity contribution in [1.29, 1.82) is 0 Å². The molecule has 4 N–H and O–H groups in total. The van der Waals surface area contributed by atoms with Gasteiger partial charge in [-0.25, -0.2) is 4.98 Å². The fraction of sp³-hybridized carbons (Fsp3) is 0.158. The van der Waals surface area contributed by atoms with Crippen molar-refractivity contribution in [2.75, 3.05) is 12.3 Å². The Bertz CT molecular complexity index is 1120. The summed E-state index contributed by atoms with van der Waals surface area (Å²) in [6.07, 6.45) is 0.851. The molecule has 0 saturated carbocycles. The maximum atomic E-state index is 13.1. The third-order valence-corrected chi connectivity index (χ3v) is 4.93. The molecule has 0 fully saturated rings. The number of hydrogen-bond donors (Lipinski definition) is 3. The van der Waals surface area contributed by atoms with Gasteiger partial charge in [-0.2, -0.15) is 0 Å². The normalized spacial score (nSPS) is 14.2. The van der Waals surface area contributed by atoms with Gasteiger partial charge in [0.05, 0.1) is 17.6 Å². The predicted molar refractivity (Wildman–Crippen MR) is 97.2 cm³/mol. The summed E-state index contributed by atoms with van der Waals surface area (Å²) in [5.74, 6) is 0.313. The number of carbonyl (C=O) groups is 1. The lowest BCUT2D eigenvalue weighted by Gasteiger charge is -2.27. The number of carbonyl (C=O) groups excluding carboxylic acids is 1. The number of imidazole rings is 1. The van der Waals surface area contributed by atoms with E-state index in [1.807, 2.05) is 29.2 Å². The van der Waals surface area contributed by atoms with Gasteiger partial charge in [0.1, 0.15) is 5.52 Å². The van der Waals surface area contributed by atoms with Crippen molar-refractivity contribution < 1.29 is 4.79 Å². The van der Waals surface area contributed by atoms with Gasteiger partial charge in [0.25, 0.3) is 5.91 Å². The van der Waals surface area contributed by atoms with E-state index in [2.05, 4.69) is 33.2 Å². The second kappa shape index (κ2) is 5.11. The van der Waals surface area contributed by atoms with Crippen LogP contribution in [-0.2, 0) is 13.0 Å². The Labute approximate surface area is 143 Å². The first-order valence-electron chi connectivity index (χ1n) is 8.32. The number of hydrogen-bond acceptors (Lipinski definition) is 3. The highest BCUT2D eigenvalue weighted by Crippen LogP contribution is 2.29. The molecule has 124 valence electrons. The quantitative estimate of drug-likeness (QED) is 0.501. The Morgan fingerprint density at radius 3 is 2.84 bits per heavy atom. The van der Waals surface area contributed by atoms with Crippen LogP contribution in [0.3, 0.4) is 0 Å².